The number of nitrogens with one attached hydrogen (secondary N) is 1. The summed E-state index contributed by atoms with van der Waals surface area (Å²) in [5.74, 6) is -0.270. The van der Waals surface area contributed by atoms with Crippen LogP contribution in [0.3, 0.4) is 0 Å². The Kier molecular flexibility index (Phi) is 5.11. The summed E-state index contributed by atoms with van der Waals surface area (Å²) >= 11 is 0. The Bertz CT molecular complexity index is 910. The summed E-state index contributed by atoms with van der Waals surface area (Å²) in [6, 6.07) is 8.01. The summed E-state index contributed by atoms with van der Waals surface area (Å²) in [6.45, 7) is 7.91. The molecule has 0 atom stereocenters. The van der Waals surface area contributed by atoms with Gasteiger partial charge in [-0.3, -0.25) is 4.79 Å². The van der Waals surface area contributed by atoms with Crippen LogP contribution in [0.15, 0.2) is 28.7 Å². The van der Waals surface area contributed by atoms with Crippen LogP contribution in [0.1, 0.15) is 48.6 Å². The van der Waals surface area contributed by atoms with Crippen molar-refractivity contribution in [1.82, 2.24) is 30.5 Å². The molecule has 0 aliphatic carbocycles. The van der Waals surface area contributed by atoms with E-state index in [1.807, 2.05) is 52.0 Å². The van der Waals surface area contributed by atoms with Crippen LogP contribution in [0.25, 0.3) is 17.3 Å². The molecule has 0 aliphatic rings. The monoisotopic (exact) mass is 354 g/mol. The third-order valence-electron chi connectivity index (χ3n) is 4.28. The smallest absolute Gasteiger partial charge is 0.309 e. The number of carbonyl (C=O) groups is 1. The van der Waals surface area contributed by atoms with Crippen molar-refractivity contribution in [3.8, 4) is 17.3 Å². The van der Waals surface area contributed by atoms with Crippen LogP contribution < -0.4 is 5.32 Å². The van der Waals surface area contributed by atoms with Crippen molar-refractivity contribution >= 4 is 5.91 Å². The zero-order chi connectivity index (χ0) is 18.7. The van der Waals surface area contributed by atoms with E-state index < -0.39 is 0 Å². The van der Waals surface area contributed by atoms with E-state index in [0.717, 1.165) is 29.8 Å². The second-order valence-electron chi connectivity index (χ2n) is 6.17. The van der Waals surface area contributed by atoms with Crippen molar-refractivity contribution < 1.29 is 9.21 Å². The maximum Gasteiger partial charge on any atom is 0.309 e. The molecule has 136 valence electrons. The summed E-state index contributed by atoms with van der Waals surface area (Å²) in [4.78, 5) is 12.2. The average molecular weight is 354 g/mol. The molecule has 1 N–H and O–H groups in total. The van der Waals surface area contributed by atoms with Crippen molar-refractivity contribution in [3.05, 3.63) is 41.4 Å². The summed E-state index contributed by atoms with van der Waals surface area (Å²) < 4.78 is 7.23. The van der Waals surface area contributed by atoms with Gasteiger partial charge < -0.3 is 9.73 Å². The molecule has 1 amide bonds. The average Bonchev–Trinajstić information content (AvgIpc) is 3.26. The lowest BCUT2D eigenvalue weighted by atomic mass is 10.2. The van der Waals surface area contributed by atoms with E-state index in [2.05, 4.69) is 25.8 Å². The number of aryl methyl sites for hydroxylation is 1. The highest BCUT2D eigenvalue weighted by Crippen LogP contribution is 2.22. The fourth-order valence-electron chi connectivity index (χ4n) is 2.68. The first-order chi connectivity index (χ1) is 12.5. The number of amides is 1. The second-order valence-corrected chi connectivity index (χ2v) is 6.17. The van der Waals surface area contributed by atoms with Crippen molar-refractivity contribution in [2.75, 3.05) is 0 Å². The van der Waals surface area contributed by atoms with Crippen LogP contribution in [0.4, 0.5) is 0 Å². The highest BCUT2D eigenvalue weighted by atomic mass is 16.4. The van der Waals surface area contributed by atoms with Crippen LogP contribution in [0, 0.1) is 13.8 Å². The molecule has 8 nitrogen and oxygen atoms in total. The number of hydrogen-bond donors (Lipinski definition) is 1. The molecule has 0 saturated carbocycles. The number of carbonyl (C=O) groups excluding carboxylic acids is 1. The lowest BCUT2D eigenvalue weighted by Crippen LogP contribution is -2.34. The molecular formula is C18H22N6O2. The van der Waals surface area contributed by atoms with Gasteiger partial charge >= 0.3 is 11.8 Å². The molecule has 3 rings (SSSR count). The van der Waals surface area contributed by atoms with Crippen LogP contribution >= 0.6 is 0 Å². The van der Waals surface area contributed by atoms with Gasteiger partial charge in [-0.1, -0.05) is 31.2 Å². The maximum absolute atomic E-state index is 12.2. The van der Waals surface area contributed by atoms with Crippen LogP contribution in [0.5, 0.6) is 0 Å². The Morgan fingerprint density at radius 3 is 2.65 bits per heavy atom. The Morgan fingerprint density at radius 1 is 1.19 bits per heavy atom. The van der Waals surface area contributed by atoms with E-state index in [0.29, 0.717) is 5.69 Å². The maximum atomic E-state index is 12.2. The number of hydrogen-bond acceptors (Lipinski definition) is 6. The van der Waals surface area contributed by atoms with Crippen molar-refractivity contribution in [3.63, 3.8) is 0 Å². The molecule has 0 bridgehead atoms. The molecule has 3 aromatic rings. The van der Waals surface area contributed by atoms with E-state index in [9.17, 15) is 4.79 Å². The van der Waals surface area contributed by atoms with Gasteiger partial charge in [-0.2, -0.15) is 0 Å². The lowest BCUT2D eigenvalue weighted by molar-refractivity contribution is 0.0900. The Labute approximate surface area is 151 Å². The highest BCUT2D eigenvalue weighted by molar-refractivity contribution is 5.89. The lowest BCUT2D eigenvalue weighted by Gasteiger charge is -2.12. The minimum Gasteiger partial charge on any atom is -0.410 e. The molecule has 2 aromatic heterocycles. The van der Waals surface area contributed by atoms with Crippen LogP contribution in [-0.4, -0.2) is 37.1 Å². The fraction of sp³-hybridized carbons (Fsp3) is 0.389. The third-order valence-corrected chi connectivity index (χ3v) is 4.28. The van der Waals surface area contributed by atoms with E-state index in [-0.39, 0.29) is 23.7 Å². The molecule has 0 fully saturated rings. The van der Waals surface area contributed by atoms with Crippen LogP contribution in [-0.2, 0) is 0 Å². The van der Waals surface area contributed by atoms with E-state index in [1.54, 1.807) is 4.68 Å². The quantitative estimate of drug-likeness (QED) is 0.731. The van der Waals surface area contributed by atoms with Gasteiger partial charge in [0.1, 0.15) is 0 Å². The standard InChI is InChI=1S/C18H22N6O2/c1-5-13(6-2)19-16(25)18-22-21-17(26-18)15-12(4)24(23-20-15)14-9-7-8-11(3)10-14/h7-10,13H,5-6H2,1-4H3,(H,19,25). The zero-order valence-corrected chi connectivity index (χ0v) is 15.4. The Hall–Kier alpha value is -3.03. The molecule has 0 spiro atoms. The number of rotatable bonds is 6. The minimum absolute atomic E-state index is 0.0728. The van der Waals surface area contributed by atoms with Crippen LogP contribution in [0.2, 0.25) is 0 Å². The Balaban J connectivity index is 1.85. The van der Waals surface area contributed by atoms with Gasteiger partial charge in [-0.15, -0.1) is 15.3 Å². The largest absolute Gasteiger partial charge is 0.410 e. The van der Waals surface area contributed by atoms with E-state index >= 15 is 0 Å². The molecule has 26 heavy (non-hydrogen) atoms. The fourth-order valence-corrected chi connectivity index (χ4v) is 2.68. The summed E-state index contributed by atoms with van der Waals surface area (Å²) in [5.41, 5.74) is 3.23. The zero-order valence-electron chi connectivity index (χ0n) is 15.4. The molecule has 0 aliphatic heterocycles. The molecular weight excluding hydrogens is 332 g/mol. The van der Waals surface area contributed by atoms with Gasteiger partial charge in [0.05, 0.1) is 11.4 Å². The first-order valence-corrected chi connectivity index (χ1v) is 8.67. The van der Waals surface area contributed by atoms with Gasteiger partial charge in [0, 0.05) is 6.04 Å². The molecule has 0 unspecified atom stereocenters. The van der Waals surface area contributed by atoms with Crippen molar-refractivity contribution in [1.29, 1.82) is 0 Å². The van der Waals surface area contributed by atoms with Gasteiger partial charge in [-0.05, 0) is 44.4 Å². The number of nitrogens with zero attached hydrogens (tertiary/aromatic N) is 5. The van der Waals surface area contributed by atoms with Gasteiger partial charge in [0.2, 0.25) is 0 Å². The summed E-state index contributed by atoms with van der Waals surface area (Å²) in [5, 5.41) is 19.0. The first kappa shape index (κ1) is 17.8. The SMILES string of the molecule is CCC(CC)NC(=O)c1nnc(-c2nnn(-c3cccc(C)c3)c2C)o1. The van der Waals surface area contributed by atoms with Crippen molar-refractivity contribution in [2.45, 2.75) is 46.6 Å². The van der Waals surface area contributed by atoms with Gasteiger partial charge in [-0.25, -0.2) is 4.68 Å². The number of aromatic nitrogens is 5. The molecule has 0 saturated heterocycles. The summed E-state index contributed by atoms with van der Waals surface area (Å²) in [6.07, 6.45) is 1.68. The van der Waals surface area contributed by atoms with E-state index in [1.165, 1.54) is 0 Å². The predicted octanol–water partition coefficient (Wildman–Crippen LogP) is 2.85. The molecule has 2 heterocycles. The topological polar surface area (TPSA) is 98.7 Å². The molecule has 0 radical (unpaired) electrons. The first-order valence-electron chi connectivity index (χ1n) is 8.67. The third kappa shape index (κ3) is 3.49. The number of benzene rings is 1. The highest BCUT2D eigenvalue weighted by Gasteiger charge is 2.22. The van der Waals surface area contributed by atoms with Gasteiger partial charge in [0.25, 0.3) is 5.89 Å². The second kappa shape index (κ2) is 7.47. The molecule has 8 heteroatoms. The Morgan fingerprint density at radius 2 is 1.96 bits per heavy atom. The predicted molar refractivity (Wildman–Crippen MR) is 96.0 cm³/mol. The normalized spacial score (nSPS) is 11.1. The molecule has 1 aromatic carbocycles. The van der Waals surface area contributed by atoms with Gasteiger partial charge in [0.15, 0.2) is 5.69 Å². The summed E-state index contributed by atoms with van der Waals surface area (Å²) in [7, 11) is 0. The minimum atomic E-state index is -0.374. The van der Waals surface area contributed by atoms with Crippen molar-refractivity contribution in [2.24, 2.45) is 0 Å². The van der Waals surface area contributed by atoms with E-state index in [4.69, 9.17) is 4.42 Å².